The lowest BCUT2D eigenvalue weighted by Gasteiger charge is -2.27. The minimum Gasteiger partial charge on any atom is -0.409 e. The average molecular weight is 320 g/mol. The Labute approximate surface area is 139 Å². The normalized spacial score (nSPS) is 12.1. The van der Waals surface area contributed by atoms with Gasteiger partial charge in [0.1, 0.15) is 5.75 Å². The first-order valence-corrected chi connectivity index (χ1v) is 8.17. The number of rotatable bonds is 7. The summed E-state index contributed by atoms with van der Waals surface area (Å²) in [7, 11) is 1.66. The molecule has 0 saturated heterocycles. The molecular weight excluding hydrogens is 292 g/mol. The van der Waals surface area contributed by atoms with Crippen molar-refractivity contribution in [1.82, 2.24) is 9.80 Å². The zero-order chi connectivity index (χ0) is 17.6. The molecule has 128 valence electrons. The third-order valence-corrected chi connectivity index (χ3v) is 4.21. The van der Waals surface area contributed by atoms with Crippen LogP contribution in [-0.2, 0) is 0 Å². The van der Waals surface area contributed by atoms with Crippen molar-refractivity contribution >= 4 is 11.9 Å². The summed E-state index contributed by atoms with van der Waals surface area (Å²) in [6, 6.07) is 5.67. The van der Waals surface area contributed by atoms with Crippen molar-refractivity contribution in [2.45, 2.75) is 40.7 Å². The van der Waals surface area contributed by atoms with Crippen molar-refractivity contribution < 1.29 is 14.3 Å². The van der Waals surface area contributed by atoms with Crippen molar-refractivity contribution in [3.8, 4) is 5.75 Å². The summed E-state index contributed by atoms with van der Waals surface area (Å²) in [5, 5.41) is 0. The number of ether oxygens (including phenoxy) is 1. The maximum atomic E-state index is 12.0. The average Bonchev–Trinajstić information content (AvgIpc) is 2.54. The Morgan fingerprint density at radius 2 is 1.74 bits per heavy atom. The summed E-state index contributed by atoms with van der Waals surface area (Å²) in [6.45, 7) is 12.1. The van der Waals surface area contributed by atoms with Crippen LogP contribution in [0.25, 0.3) is 0 Å². The van der Waals surface area contributed by atoms with Crippen molar-refractivity contribution in [2.75, 3.05) is 26.7 Å². The highest BCUT2D eigenvalue weighted by atomic mass is 16.6. The zero-order valence-corrected chi connectivity index (χ0v) is 15.0. The molecule has 0 aromatic heterocycles. The van der Waals surface area contributed by atoms with E-state index in [1.807, 2.05) is 13.0 Å². The smallest absolute Gasteiger partial charge is 0.409 e. The molecule has 0 N–H and O–H groups in total. The number of nitrogens with zero attached hydrogens (tertiary/aromatic N) is 2. The molecule has 1 aromatic carbocycles. The highest BCUT2D eigenvalue weighted by molar-refractivity contribution is 5.97. The van der Waals surface area contributed by atoms with Crippen LogP contribution in [0.1, 0.15) is 56.6 Å². The molecule has 0 heterocycles. The van der Waals surface area contributed by atoms with Gasteiger partial charge in [-0.05, 0) is 51.6 Å². The van der Waals surface area contributed by atoms with E-state index < -0.39 is 6.09 Å². The minimum absolute atomic E-state index is 0.117. The van der Waals surface area contributed by atoms with E-state index in [2.05, 4.69) is 25.7 Å². The number of ketones is 1. The standard InChI is InChI=1S/C18H28N2O3/c1-7-19(6)18(22)23-17-12-15(10-11-16(17)14(5)21)13(4)20(8-2)9-3/h10-13H,7-9H2,1-6H3. The number of Topliss-reactive ketones (excluding diaryl/α,β-unsaturated/α-hetero) is 1. The van der Waals surface area contributed by atoms with Gasteiger partial charge in [-0.25, -0.2) is 4.79 Å². The van der Waals surface area contributed by atoms with Crippen molar-refractivity contribution in [3.63, 3.8) is 0 Å². The number of amides is 1. The van der Waals surface area contributed by atoms with Crippen LogP contribution in [0.3, 0.4) is 0 Å². The molecule has 0 bridgehead atoms. The van der Waals surface area contributed by atoms with Gasteiger partial charge < -0.3 is 9.64 Å². The van der Waals surface area contributed by atoms with E-state index in [1.54, 1.807) is 19.2 Å². The number of benzene rings is 1. The third-order valence-electron chi connectivity index (χ3n) is 4.21. The van der Waals surface area contributed by atoms with Gasteiger partial charge in [0.05, 0.1) is 5.56 Å². The molecule has 0 aliphatic heterocycles. The molecule has 1 aromatic rings. The highest BCUT2D eigenvalue weighted by Crippen LogP contribution is 2.28. The second-order valence-corrected chi connectivity index (χ2v) is 5.59. The van der Waals surface area contributed by atoms with Crippen LogP contribution < -0.4 is 4.74 Å². The van der Waals surface area contributed by atoms with Gasteiger partial charge in [-0.15, -0.1) is 0 Å². The predicted molar refractivity (Wildman–Crippen MR) is 92.1 cm³/mol. The quantitative estimate of drug-likeness (QED) is 0.718. The van der Waals surface area contributed by atoms with Crippen LogP contribution in [0.2, 0.25) is 0 Å². The molecule has 5 heteroatoms. The Morgan fingerprint density at radius 3 is 2.22 bits per heavy atom. The molecule has 0 saturated carbocycles. The lowest BCUT2D eigenvalue weighted by molar-refractivity contribution is 0.101. The molecular formula is C18H28N2O3. The fourth-order valence-corrected chi connectivity index (χ4v) is 2.46. The summed E-state index contributed by atoms with van der Waals surface area (Å²) in [4.78, 5) is 27.6. The van der Waals surface area contributed by atoms with Gasteiger partial charge in [-0.3, -0.25) is 9.69 Å². The Bertz CT molecular complexity index is 553. The summed E-state index contributed by atoms with van der Waals surface area (Å²) >= 11 is 0. The van der Waals surface area contributed by atoms with Gasteiger partial charge in [-0.2, -0.15) is 0 Å². The topological polar surface area (TPSA) is 49.9 Å². The molecule has 1 unspecified atom stereocenters. The van der Waals surface area contributed by atoms with Gasteiger partial charge in [0.15, 0.2) is 5.78 Å². The second-order valence-electron chi connectivity index (χ2n) is 5.59. The number of carbonyl (C=O) groups is 2. The Kier molecular flexibility index (Phi) is 7.23. The van der Waals surface area contributed by atoms with E-state index in [4.69, 9.17) is 4.74 Å². The Hall–Kier alpha value is -1.88. The molecule has 23 heavy (non-hydrogen) atoms. The summed E-state index contributed by atoms with van der Waals surface area (Å²) in [6.07, 6.45) is -0.456. The van der Waals surface area contributed by atoms with Crippen LogP contribution in [0, 0.1) is 0 Å². The van der Waals surface area contributed by atoms with Crippen molar-refractivity contribution in [2.24, 2.45) is 0 Å². The first-order valence-electron chi connectivity index (χ1n) is 8.17. The van der Waals surface area contributed by atoms with Crippen molar-refractivity contribution in [3.05, 3.63) is 29.3 Å². The maximum Gasteiger partial charge on any atom is 0.414 e. The van der Waals surface area contributed by atoms with Crippen LogP contribution in [0.15, 0.2) is 18.2 Å². The van der Waals surface area contributed by atoms with Gasteiger partial charge >= 0.3 is 6.09 Å². The first-order chi connectivity index (χ1) is 10.8. The van der Waals surface area contributed by atoms with Crippen LogP contribution in [-0.4, -0.2) is 48.4 Å². The Morgan fingerprint density at radius 1 is 1.13 bits per heavy atom. The van der Waals surface area contributed by atoms with Crippen LogP contribution in [0.5, 0.6) is 5.75 Å². The van der Waals surface area contributed by atoms with E-state index in [-0.39, 0.29) is 11.8 Å². The number of hydrogen-bond donors (Lipinski definition) is 0. The predicted octanol–water partition coefficient (Wildman–Crippen LogP) is 3.74. The molecule has 1 rings (SSSR count). The molecule has 1 atom stereocenters. The lowest BCUT2D eigenvalue weighted by atomic mass is 10.0. The van der Waals surface area contributed by atoms with E-state index in [0.717, 1.165) is 18.7 Å². The molecule has 5 nitrogen and oxygen atoms in total. The zero-order valence-electron chi connectivity index (χ0n) is 15.0. The maximum absolute atomic E-state index is 12.0. The van der Waals surface area contributed by atoms with Crippen LogP contribution >= 0.6 is 0 Å². The summed E-state index contributed by atoms with van der Waals surface area (Å²) in [5.41, 5.74) is 1.46. The molecule has 0 radical (unpaired) electrons. The fraction of sp³-hybridized carbons (Fsp3) is 0.556. The molecule has 0 spiro atoms. The van der Waals surface area contributed by atoms with E-state index >= 15 is 0 Å². The van der Waals surface area contributed by atoms with E-state index in [1.165, 1.54) is 11.8 Å². The monoisotopic (exact) mass is 320 g/mol. The summed E-state index contributed by atoms with van der Waals surface area (Å²) < 4.78 is 5.44. The number of carbonyl (C=O) groups excluding carboxylic acids is 2. The van der Waals surface area contributed by atoms with E-state index in [9.17, 15) is 9.59 Å². The minimum atomic E-state index is -0.456. The fourth-order valence-electron chi connectivity index (χ4n) is 2.46. The van der Waals surface area contributed by atoms with Gasteiger partial charge in [0, 0.05) is 19.6 Å². The molecule has 0 fully saturated rings. The molecule has 0 aliphatic rings. The van der Waals surface area contributed by atoms with Crippen LogP contribution in [0.4, 0.5) is 4.79 Å². The molecule has 1 amide bonds. The Balaban J connectivity index is 3.17. The first kappa shape index (κ1) is 19.2. The lowest BCUT2D eigenvalue weighted by Crippen LogP contribution is -2.30. The second kappa shape index (κ2) is 8.67. The number of hydrogen-bond acceptors (Lipinski definition) is 4. The van der Waals surface area contributed by atoms with Crippen molar-refractivity contribution in [1.29, 1.82) is 0 Å². The summed E-state index contributed by atoms with van der Waals surface area (Å²) in [5.74, 6) is 0.216. The van der Waals surface area contributed by atoms with Gasteiger partial charge in [0.2, 0.25) is 0 Å². The van der Waals surface area contributed by atoms with E-state index in [0.29, 0.717) is 17.9 Å². The third kappa shape index (κ3) is 4.79. The SMILES string of the molecule is CCN(C)C(=O)Oc1cc(C(C)N(CC)CC)ccc1C(C)=O. The van der Waals surface area contributed by atoms with Gasteiger partial charge in [0.25, 0.3) is 0 Å². The molecule has 0 aliphatic carbocycles. The highest BCUT2D eigenvalue weighted by Gasteiger charge is 2.19. The largest absolute Gasteiger partial charge is 0.414 e. The van der Waals surface area contributed by atoms with Gasteiger partial charge in [-0.1, -0.05) is 19.9 Å².